The SMILES string of the molecule is CCOc1cccc(C(=O)NC2CCN(Cc3cccc(C(F)(F)F)c3)CC2)c1. The van der Waals surface area contributed by atoms with Gasteiger partial charge in [0, 0.05) is 31.2 Å². The predicted octanol–water partition coefficient (Wildman–Crippen LogP) is 4.50. The summed E-state index contributed by atoms with van der Waals surface area (Å²) in [5.41, 5.74) is 0.587. The first kappa shape index (κ1) is 21.2. The van der Waals surface area contributed by atoms with Crippen LogP contribution in [-0.4, -0.2) is 36.5 Å². The third-order valence-electron chi connectivity index (χ3n) is 4.99. The predicted molar refractivity (Wildman–Crippen MR) is 105 cm³/mol. The lowest BCUT2D eigenvalue weighted by atomic mass is 10.0. The van der Waals surface area contributed by atoms with Gasteiger partial charge in [0.2, 0.25) is 0 Å². The molecule has 7 heteroatoms. The number of rotatable bonds is 6. The molecule has 3 rings (SSSR count). The van der Waals surface area contributed by atoms with E-state index in [0.717, 1.165) is 32.0 Å². The van der Waals surface area contributed by atoms with Gasteiger partial charge in [0.25, 0.3) is 5.91 Å². The van der Waals surface area contributed by atoms with Gasteiger partial charge in [0.1, 0.15) is 5.75 Å². The van der Waals surface area contributed by atoms with Crippen molar-refractivity contribution in [1.82, 2.24) is 10.2 Å². The van der Waals surface area contributed by atoms with Crippen LogP contribution in [-0.2, 0) is 12.7 Å². The van der Waals surface area contributed by atoms with Gasteiger partial charge in [-0.15, -0.1) is 0 Å². The van der Waals surface area contributed by atoms with E-state index in [1.807, 2.05) is 13.0 Å². The number of carbonyl (C=O) groups is 1. The molecule has 0 aliphatic carbocycles. The lowest BCUT2D eigenvalue weighted by Crippen LogP contribution is -2.44. The Balaban J connectivity index is 1.51. The average molecular weight is 406 g/mol. The van der Waals surface area contributed by atoms with Crippen LogP contribution in [0.4, 0.5) is 13.2 Å². The van der Waals surface area contributed by atoms with Gasteiger partial charge in [0.05, 0.1) is 12.2 Å². The first-order valence-corrected chi connectivity index (χ1v) is 9.77. The highest BCUT2D eigenvalue weighted by molar-refractivity contribution is 5.94. The van der Waals surface area contributed by atoms with Crippen molar-refractivity contribution >= 4 is 5.91 Å². The van der Waals surface area contributed by atoms with Crippen LogP contribution in [0.1, 0.15) is 41.3 Å². The van der Waals surface area contributed by atoms with Crippen LogP contribution in [0.5, 0.6) is 5.75 Å². The van der Waals surface area contributed by atoms with Crippen molar-refractivity contribution < 1.29 is 22.7 Å². The monoisotopic (exact) mass is 406 g/mol. The lowest BCUT2D eigenvalue weighted by Gasteiger charge is -2.32. The van der Waals surface area contributed by atoms with Crippen LogP contribution in [0.25, 0.3) is 0 Å². The summed E-state index contributed by atoms with van der Waals surface area (Å²) < 4.78 is 44.0. The van der Waals surface area contributed by atoms with Gasteiger partial charge >= 0.3 is 6.18 Å². The van der Waals surface area contributed by atoms with Crippen molar-refractivity contribution in [3.05, 3.63) is 65.2 Å². The number of likely N-dealkylation sites (tertiary alicyclic amines) is 1. The van der Waals surface area contributed by atoms with E-state index < -0.39 is 11.7 Å². The van der Waals surface area contributed by atoms with Gasteiger partial charge in [-0.2, -0.15) is 13.2 Å². The number of hydrogen-bond donors (Lipinski definition) is 1. The van der Waals surface area contributed by atoms with Crippen LogP contribution < -0.4 is 10.1 Å². The zero-order valence-electron chi connectivity index (χ0n) is 16.3. The summed E-state index contributed by atoms with van der Waals surface area (Å²) in [6.45, 7) is 4.34. The van der Waals surface area contributed by atoms with E-state index in [2.05, 4.69) is 10.2 Å². The standard InChI is InChI=1S/C22H25F3N2O2/c1-2-29-20-8-4-6-17(14-20)21(28)26-19-9-11-27(12-10-19)15-16-5-3-7-18(13-16)22(23,24)25/h3-8,13-14,19H,2,9-12,15H2,1H3,(H,26,28). The quantitative estimate of drug-likeness (QED) is 0.768. The number of carbonyl (C=O) groups excluding carboxylic acids is 1. The zero-order valence-corrected chi connectivity index (χ0v) is 16.3. The van der Waals surface area contributed by atoms with Crippen LogP contribution in [0, 0.1) is 0 Å². The summed E-state index contributed by atoms with van der Waals surface area (Å²) >= 11 is 0. The molecule has 1 saturated heterocycles. The molecule has 0 atom stereocenters. The second-order valence-electron chi connectivity index (χ2n) is 7.18. The molecule has 156 valence electrons. The Labute approximate surface area is 168 Å². The number of nitrogens with one attached hydrogen (secondary N) is 1. The maximum atomic E-state index is 12.9. The number of halogens is 3. The van der Waals surface area contributed by atoms with Gasteiger partial charge in [-0.25, -0.2) is 0 Å². The molecule has 4 nitrogen and oxygen atoms in total. The summed E-state index contributed by atoms with van der Waals surface area (Å²) in [5.74, 6) is 0.527. The zero-order chi connectivity index (χ0) is 20.9. The molecule has 1 N–H and O–H groups in total. The number of hydrogen-bond acceptors (Lipinski definition) is 3. The van der Waals surface area contributed by atoms with E-state index in [1.165, 1.54) is 12.1 Å². The van der Waals surface area contributed by atoms with E-state index in [9.17, 15) is 18.0 Å². The highest BCUT2D eigenvalue weighted by Crippen LogP contribution is 2.30. The van der Waals surface area contributed by atoms with Crippen LogP contribution >= 0.6 is 0 Å². The molecule has 1 heterocycles. The second-order valence-corrected chi connectivity index (χ2v) is 7.18. The normalized spacial score (nSPS) is 15.9. The minimum Gasteiger partial charge on any atom is -0.494 e. The third-order valence-corrected chi connectivity index (χ3v) is 4.99. The van der Waals surface area contributed by atoms with Crippen molar-refractivity contribution in [2.45, 2.75) is 38.5 Å². The van der Waals surface area contributed by atoms with Crippen molar-refractivity contribution in [3.63, 3.8) is 0 Å². The van der Waals surface area contributed by atoms with Gasteiger partial charge in [-0.3, -0.25) is 9.69 Å². The Kier molecular flexibility index (Phi) is 6.79. The van der Waals surface area contributed by atoms with Crippen LogP contribution in [0.2, 0.25) is 0 Å². The first-order valence-electron chi connectivity index (χ1n) is 9.77. The Bertz CT molecular complexity index is 831. The van der Waals surface area contributed by atoms with E-state index in [0.29, 0.717) is 30.0 Å². The molecule has 1 aliphatic heterocycles. The molecule has 0 bridgehead atoms. The summed E-state index contributed by atoms with van der Waals surface area (Å²) in [6.07, 6.45) is -2.81. The first-order chi connectivity index (χ1) is 13.8. The third kappa shape index (κ3) is 5.97. The fraction of sp³-hybridized carbons (Fsp3) is 0.409. The average Bonchev–Trinajstić information content (AvgIpc) is 2.69. The number of alkyl halides is 3. The maximum Gasteiger partial charge on any atom is 0.416 e. The Hall–Kier alpha value is -2.54. The molecule has 1 amide bonds. The molecular weight excluding hydrogens is 381 g/mol. The second kappa shape index (κ2) is 9.31. The lowest BCUT2D eigenvalue weighted by molar-refractivity contribution is -0.137. The number of ether oxygens (including phenoxy) is 1. The topological polar surface area (TPSA) is 41.6 Å². The molecule has 2 aromatic rings. The minimum atomic E-state index is -4.33. The van der Waals surface area contributed by atoms with Gasteiger partial charge in [-0.05, 0) is 49.6 Å². The molecule has 29 heavy (non-hydrogen) atoms. The molecule has 1 fully saturated rings. The van der Waals surface area contributed by atoms with E-state index in [4.69, 9.17) is 4.74 Å². The minimum absolute atomic E-state index is 0.0519. The van der Waals surface area contributed by atoms with Crippen molar-refractivity contribution in [2.75, 3.05) is 19.7 Å². The van der Waals surface area contributed by atoms with Crippen molar-refractivity contribution in [1.29, 1.82) is 0 Å². The Morgan fingerprint density at radius 2 is 1.86 bits per heavy atom. The van der Waals surface area contributed by atoms with E-state index >= 15 is 0 Å². The number of piperidine rings is 1. The fourth-order valence-electron chi connectivity index (χ4n) is 3.50. The maximum absolute atomic E-state index is 12.9. The molecule has 0 unspecified atom stereocenters. The van der Waals surface area contributed by atoms with Crippen LogP contribution in [0.3, 0.4) is 0 Å². The molecule has 0 saturated carbocycles. The molecular formula is C22H25F3N2O2. The molecule has 0 aromatic heterocycles. The van der Waals surface area contributed by atoms with Gasteiger partial charge in [-0.1, -0.05) is 24.3 Å². The van der Waals surface area contributed by atoms with Crippen molar-refractivity contribution in [2.24, 2.45) is 0 Å². The summed E-state index contributed by atoms with van der Waals surface area (Å²) in [5, 5.41) is 3.05. The number of benzene rings is 2. The Morgan fingerprint density at radius 1 is 1.14 bits per heavy atom. The van der Waals surface area contributed by atoms with Crippen LogP contribution in [0.15, 0.2) is 48.5 Å². The van der Waals surface area contributed by atoms with Crippen molar-refractivity contribution in [3.8, 4) is 5.75 Å². The van der Waals surface area contributed by atoms with E-state index in [-0.39, 0.29) is 11.9 Å². The highest BCUT2D eigenvalue weighted by Gasteiger charge is 2.30. The molecule has 1 aliphatic rings. The summed E-state index contributed by atoms with van der Waals surface area (Å²) in [4.78, 5) is 14.6. The largest absolute Gasteiger partial charge is 0.494 e. The smallest absolute Gasteiger partial charge is 0.416 e. The fourth-order valence-corrected chi connectivity index (χ4v) is 3.50. The number of amides is 1. The van der Waals surface area contributed by atoms with Gasteiger partial charge < -0.3 is 10.1 Å². The summed E-state index contributed by atoms with van der Waals surface area (Å²) in [7, 11) is 0. The van der Waals surface area contributed by atoms with Gasteiger partial charge in [0.15, 0.2) is 0 Å². The molecule has 2 aromatic carbocycles. The summed E-state index contributed by atoms with van der Waals surface area (Å²) in [6, 6.07) is 12.6. The van der Waals surface area contributed by atoms with E-state index in [1.54, 1.807) is 24.3 Å². The molecule has 0 spiro atoms. The highest BCUT2D eigenvalue weighted by atomic mass is 19.4. The number of nitrogens with zero attached hydrogens (tertiary/aromatic N) is 1. The Morgan fingerprint density at radius 3 is 2.55 bits per heavy atom. The molecule has 0 radical (unpaired) electrons.